The zero-order valence-corrected chi connectivity index (χ0v) is 24.2. The Morgan fingerprint density at radius 2 is 2.09 bits per heavy atom. The predicted molar refractivity (Wildman–Crippen MR) is 155 cm³/mol. The molecule has 12 heteroatoms. The van der Waals surface area contributed by atoms with Gasteiger partial charge in [-0.3, -0.25) is 9.59 Å². The predicted octanol–water partition coefficient (Wildman–Crippen LogP) is 3.11. The highest BCUT2D eigenvalue weighted by molar-refractivity contribution is 6.04. The third kappa shape index (κ3) is 5.09. The van der Waals surface area contributed by atoms with Crippen LogP contribution >= 0.6 is 0 Å². The van der Waals surface area contributed by atoms with Crippen molar-refractivity contribution in [2.24, 2.45) is 0 Å². The van der Waals surface area contributed by atoms with E-state index < -0.39 is 23.1 Å². The summed E-state index contributed by atoms with van der Waals surface area (Å²) in [4.78, 5) is 41.8. The molecule has 226 valence electrons. The van der Waals surface area contributed by atoms with Gasteiger partial charge in [0.25, 0.3) is 0 Å². The molecular weight excluding hydrogens is 556 g/mol. The zero-order chi connectivity index (χ0) is 30.3. The number of halogens is 2. The Kier molecular flexibility index (Phi) is 7.77. The van der Waals surface area contributed by atoms with Crippen LogP contribution in [0.5, 0.6) is 6.01 Å². The van der Waals surface area contributed by atoms with Gasteiger partial charge in [-0.15, -0.1) is 0 Å². The van der Waals surface area contributed by atoms with Crippen LogP contribution < -0.4 is 15.0 Å². The Morgan fingerprint density at radius 1 is 1.26 bits per heavy atom. The molecule has 1 aromatic carbocycles. The summed E-state index contributed by atoms with van der Waals surface area (Å²) in [6.07, 6.45) is 4.97. The second kappa shape index (κ2) is 11.5. The summed E-state index contributed by atoms with van der Waals surface area (Å²) in [6, 6.07) is 4.77. The van der Waals surface area contributed by atoms with Gasteiger partial charge in [0, 0.05) is 32.1 Å². The number of carbonyl (C=O) groups excluding carboxylic acids is 2. The summed E-state index contributed by atoms with van der Waals surface area (Å²) in [5.41, 5.74) is 0.611. The van der Waals surface area contributed by atoms with Crippen molar-refractivity contribution >= 4 is 23.3 Å². The number of fused-ring (bicyclic) bond motifs is 3. The van der Waals surface area contributed by atoms with Crippen molar-refractivity contribution in [2.45, 2.75) is 62.4 Å². The third-order valence-electron chi connectivity index (χ3n) is 9.47. The normalized spacial score (nSPS) is 25.1. The summed E-state index contributed by atoms with van der Waals surface area (Å²) in [5, 5.41) is 12.5. The number of nitrogens with zero attached hydrogens (tertiary/aromatic N) is 6. The fourth-order valence-electron chi connectivity index (χ4n) is 7.12. The van der Waals surface area contributed by atoms with Gasteiger partial charge in [0.2, 0.25) is 11.8 Å². The molecule has 6 rings (SSSR count). The monoisotopic (exact) mass is 591 g/mol. The summed E-state index contributed by atoms with van der Waals surface area (Å²) in [5.74, 6) is -1.93. The Bertz CT molecular complexity index is 1510. The van der Waals surface area contributed by atoms with E-state index in [-0.39, 0.29) is 42.3 Å². The van der Waals surface area contributed by atoms with E-state index in [1.54, 1.807) is 4.90 Å². The summed E-state index contributed by atoms with van der Waals surface area (Å²) in [6.45, 7) is 6.05. The molecule has 4 aliphatic rings. The fraction of sp³-hybridized carbons (Fsp3) is 0.516. The van der Waals surface area contributed by atoms with Gasteiger partial charge >= 0.3 is 6.01 Å². The van der Waals surface area contributed by atoms with E-state index in [1.807, 2.05) is 4.90 Å². The quantitative estimate of drug-likeness (QED) is 0.510. The van der Waals surface area contributed by atoms with E-state index >= 15 is 0 Å². The Morgan fingerprint density at radius 3 is 2.84 bits per heavy atom. The summed E-state index contributed by atoms with van der Waals surface area (Å²) >= 11 is 0. The number of benzene rings is 1. The van der Waals surface area contributed by atoms with Gasteiger partial charge < -0.3 is 24.8 Å². The summed E-state index contributed by atoms with van der Waals surface area (Å²) < 4.78 is 35.2. The van der Waals surface area contributed by atoms with Crippen LogP contribution in [0, 0.1) is 23.0 Å². The van der Waals surface area contributed by atoms with Gasteiger partial charge in [0.05, 0.1) is 29.6 Å². The topological polar surface area (TPSA) is 115 Å². The number of amides is 2. The first-order valence-electron chi connectivity index (χ1n) is 14.8. The van der Waals surface area contributed by atoms with Crippen molar-refractivity contribution in [2.75, 3.05) is 50.1 Å². The van der Waals surface area contributed by atoms with E-state index in [0.29, 0.717) is 68.3 Å². The molecule has 2 fully saturated rings. The number of nitrogens with one attached hydrogen (secondary N) is 1. The van der Waals surface area contributed by atoms with Gasteiger partial charge in [-0.05, 0) is 69.0 Å². The fourth-order valence-corrected chi connectivity index (χ4v) is 7.12. The van der Waals surface area contributed by atoms with Crippen LogP contribution in [0.15, 0.2) is 24.8 Å². The average molecular weight is 592 g/mol. The van der Waals surface area contributed by atoms with Gasteiger partial charge in [-0.25, -0.2) is 8.78 Å². The van der Waals surface area contributed by atoms with Crippen molar-refractivity contribution in [3.8, 4) is 12.1 Å². The lowest BCUT2D eigenvalue weighted by Gasteiger charge is -2.44. The maximum Gasteiger partial charge on any atom is 0.318 e. The second-order valence-corrected chi connectivity index (χ2v) is 11.9. The number of likely N-dealkylation sites (tertiary alicyclic amines) is 1. The Labute approximate surface area is 249 Å². The zero-order valence-electron chi connectivity index (χ0n) is 24.2. The van der Waals surface area contributed by atoms with Crippen LogP contribution in [-0.2, 0) is 27.8 Å². The first-order chi connectivity index (χ1) is 20.8. The average Bonchev–Trinajstić information content (AvgIpc) is 3.42. The molecule has 2 saturated heterocycles. The molecule has 1 spiro atoms. The lowest BCUT2D eigenvalue weighted by atomic mass is 9.65. The third-order valence-corrected chi connectivity index (χ3v) is 9.47. The number of hydrogen-bond acceptors (Lipinski definition) is 8. The van der Waals surface area contributed by atoms with Crippen molar-refractivity contribution < 1.29 is 23.1 Å². The number of anilines is 2. The molecule has 10 nitrogen and oxygen atoms in total. The molecule has 1 unspecified atom stereocenters. The summed E-state index contributed by atoms with van der Waals surface area (Å²) in [7, 11) is 2.06. The first-order valence-corrected chi connectivity index (χ1v) is 14.8. The minimum absolute atomic E-state index is 0.120. The van der Waals surface area contributed by atoms with Crippen LogP contribution in [0.4, 0.5) is 20.3 Å². The maximum absolute atomic E-state index is 14.9. The van der Waals surface area contributed by atoms with Gasteiger partial charge in [-0.1, -0.05) is 12.6 Å². The van der Waals surface area contributed by atoms with Crippen molar-refractivity contribution in [3.63, 3.8) is 0 Å². The van der Waals surface area contributed by atoms with Crippen LogP contribution in [0.1, 0.15) is 48.9 Å². The smallest absolute Gasteiger partial charge is 0.318 e. The number of piperazine rings is 1. The molecule has 3 atom stereocenters. The molecule has 4 heterocycles. The Balaban J connectivity index is 1.39. The SMILES string of the molecule is C=CC(=O)N1CCN(c2nc(OC[C@@H]3CCCN3C)nc3c2NC(=O)C2(CCCc4c2ccc(F)c4F)C3)C[C@@H]1CC#N. The van der Waals surface area contributed by atoms with E-state index in [1.165, 1.54) is 12.1 Å². The number of rotatable bonds is 6. The lowest BCUT2D eigenvalue weighted by Crippen LogP contribution is -2.55. The Hall–Kier alpha value is -4.11. The molecule has 0 radical (unpaired) electrons. The first kappa shape index (κ1) is 29.0. The molecule has 1 aromatic heterocycles. The van der Waals surface area contributed by atoms with Crippen LogP contribution in [0.25, 0.3) is 0 Å². The van der Waals surface area contributed by atoms with E-state index in [9.17, 15) is 23.6 Å². The number of nitriles is 1. The highest BCUT2D eigenvalue weighted by atomic mass is 19.2. The van der Waals surface area contributed by atoms with Crippen molar-refractivity contribution in [1.29, 1.82) is 5.26 Å². The largest absolute Gasteiger partial charge is 0.462 e. The number of carbonyl (C=O) groups is 2. The molecular formula is C31H35F2N7O3. The van der Waals surface area contributed by atoms with Crippen LogP contribution in [0.3, 0.4) is 0 Å². The second-order valence-electron chi connectivity index (χ2n) is 11.9. The van der Waals surface area contributed by atoms with Gasteiger partial charge in [-0.2, -0.15) is 15.2 Å². The number of ether oxygens (including phenoxy) is 1. The van der Waals surface area contributed by atoms with Gasteiger partial charge in [0.1, 0.15) is 12.3 Å². The van der Waals surface area contributed by atoms with E-state index in [4.69, 9.17) is 14.7 Å². The minimum atomic E-state index is -1.11. The lowest BCUT2D eigenvalue weighted by molar-refractivity contribution is -0.128. The van der Waals surface area contributed by atoms with Crippen LogP contribution in [-0.4, -0.2) is 83.5 Å². The maximum atomic E-state index is 14.9. The molecule has 1 N–H and O–H groups in total. The van der Waals surface area contributed by atoms with E-state index in [0.717, 1.165) is 25.5 Å². The molecule has 0 saturated carbocycles. The minimum Gasteiger partial charge on any atom is -0.462 e. The molecule has 0 bridgehead atoms. The molecule has 3 aliphatic heterocycles. The highest BCUT2D eigenvalue weighted by Gasteiger charge is 2.49. The standard InChI is InChI=1S/C31H35F2N7O3/c1-3-25(41)40-15-14-39(17-19(40)10-12-34)28-27-24(35-30(37-28)43-18-20-6-5-13-38(20)2)16-31(29(42)36-27)11-4-7-21-22(31)8-9-23(32)26(21)33/h3,8-9,19-20H,1,4-7,10-11,13-18H2,2H3,(H,36,42)/t19-,20-,31?/m0/s1. The molecule has 43 heavy (non-hydrogen) atoms. The number of aromatic nitrogens is 2. The number of likely N-dealkylation sites (N-methyl/N-ethyl adjacent to an activating group) is 1. The molecule has 2 amide bonds. The highest BCUT2D eigenvalue weighted by Crippen LogP contribution is 2.47. The van der Waals surface area contributed by atoms with Crippen molar-refractivity contribution in [3.05, 3.63) is 53.2 Å². The molecule has 1 aliphatic carbocycles. The van der Waals surface area contributed by atoms with Crippen LogP contribution in [0.2, 0.25) is 0 Å². The molecule has 2 aromatic rings. The van der Waals surface area contributed by atoms with Crippen molar-refractivity contribution in [1.82, 2.24) is 19.8 Å². The van der Waals surface area contributed by atoms with E-state index in [2.05, 4.69) is 29.9 Å². The number of hydrogen-bond donors (Lipinski definition) is 1. The van der Waals surface area contributed by atoms with Gasteiger partial charge in [0.15, 0.2) is 17.5 Å².